The van der Waals surface area contributed by atoms with Gasteiger partial charge in [-0.2, -0.15) is 0 Å². The molecule has 0 saturated carbocycles. The Balaban J connectivity index is 1.47. The summed E-state index contributed by atoms with van der Waals surface area (Å²) in [4.78, 5) is 20.6. The zero-order valence-electron chi connectivity index (χ0n) is 15.2. The summed E-state index contributed by atoms with van der Waals surface area (Å²) in [5, 5.41) is 6.12. The summed E-state index contributed by atoms with van der Waals surface area (Å²) in [5.74, 6) is 1.40. The van der Waals surface area contributed by atoms with Crippen molar-refractivity contribution in [2.75, 3.05) is 19.0 Å². The Morgan fingerprint density at radius 3 is 2.70 bits per heavy atom. The molecule has 2 aromatic heterocycles. The second-order valence-electron chi connectivity index (χ2n) is 6.00. The summed E-state index contributed by atoms with van der Waals surface area (Å²) in [5.41, 5.74) is 2.72. The van der Waals surface area contributed by atoms with Crippen molar-refractivity contribution in [3.63, 3.8) is 0 Å². The molecule has 0 aliphatic heterocycles. The van der Waals surface area contributed by atoms with Crippen molar-refractivity contribution in [1.82, 2.24) is 15.3 Å². The summed E-state index contributed by atoms with van der Waals surface area (Å²) < 4.78 is 5.21. The number of anilines is 1. The van der Waals surface area contributed by atoms with Gasteiger partial charge in [0, 0.05) is 31.7 Å². The van der Waals surface area contributed by atoms with Crippen LogP contribution in [0.2, 0.25) is 0 Å². The fourth-order valence-electron chi connectivity index (χ4n) is 2.58. The Hall–Kier alpha value is -3.41. The highest BCUT2D eigenvalue weighted by Crippen LogP contribution is 2.12. The average Bonchev–Trinajstić information content (AvgIpc) is 2.73. The molecule has 3 rings (SSSR count). The summed E-state index contributed by atoms with van der Waals surface area (Å²) in [6, 6.07) is 15.3. The van der Waals surface area contributed by atoms with Gasteiger partial charge in [0.05, 0.1) is 12.7 Å². The van der Waals surface area contributed by atoms with E-state index in [0.29, 0.717) is 24.5 Å². The maximum Gasteiger partial charge on any atom is 0.252 e. The van der Waals surface area contributed by atoms with E-state index in [1.165, 1.54) is 0 Å². The van der Waals surface area contributed by atoms with E-state index in [2.05, 4.69) is 20.6 Å². The molecule has 3 aromatic rings. The quantitative estimate of drug-likeness (QED) is 0.644. The zero-order chi connectivity index (χ0) is 18.9. The highest BCUT2D eigenvalue weighted by Gasteiger charge is 2.06. The van der Waals surface area contributed by atoms with Crippen molar-refractivity contribution in [2.45, 2.75) is 13.0 Å². The Kier molecular flexibility index (Phi) is 6.35. The number of hydrogen-bond donors (Lipinski definition) is 2. The number of carbonyl (C=O) groups excluding carboxylic acids is 1. The first-order chi connectivity index (χ1) is 13.2. The van der Waals surface area contributed by atoms with Crippen molar-refractivity contribution in [3.8, 4) is 5.75 Å². The van der Waals surface area contributed by atoms with E-state index in [1.54, 1.807) is 37.8 Å². The molecule has 0 atom stereocenters. The van der Waals surface area contributed by atoms with E-state index in [-0.39, 0.29) is 5.91 Å². The van der Waals surface area contributed by atoms with Crippen LogP contribution in [0.1, 0.15) is 21.5 Å². The van der Waals surface area contributed by atoms with Gasteiger partial charge in [-0.3, -0.25) is 9.78 Å². The first-order valence-corrected chi connectivity index (χ1v) is 8.74. The summed E-state index contributed by atoms with van der Waals surface area (Å²) in [6.07, 6.45) is 5.86. The normalized spacial score (nSPS) is 10.3. The SMILES string of the molecule is COc1cccc(CCNC(=O)c2ccc(NCc3cccnc3)nc2)c1. The van der Waals surface area contributed by atoms with Crippen molar-refractivity contribution < 1.29 is 9.53 Å². The Bertz CT molecular complexity index is 867. The third kappa shape index (κ3) is 5.54. The lowest BCUT2D eigenvalue weighted by atomic mass is 10.1. The van der Waals surface area contributed by atoms with Gasteiger partial charge in [0.2, 0.25) is 0 Å². The third-order valence-corrected chi connectivity index (χ3v) is 4.06. The number of hydrogen-bond acceptors (Lipinski definition) is 5. The minimum atomic E-state index is -0.135. The zero-order valence-corrected chi connectivity index (χ0v) is 15.2. The standard InChI is InChI=1S/C21H22N4O2/c1-27-19-6-2-4-16(12-19)9-11-23-21(26)18-7-8-20(25-15-18)24-14-17-5-3-10-22-13-17/h2-8,10,12-13,15H,9,11,14H2,1H3,(H,23,26)(H,24,25). The number of rotatable bonds is 8. The minimum absolute atomic E-state index is 0.135. The van der Waals surface area contributed by atoms with E-state index in [1.807, 2.05) is 36.4 Å². The lowest BCUT2D eigenvalue weighted by molar-refractivity contribution is 0.0954. The van der Waals surface area contributed by atoms with Crippen molar-refractivity contribution in [1.29, 1.82) is 0 Å². The molecule has 2 heterocycles. The van der Waals surface area contributed by atoms with Gasteiger partial charge in [-0.25, -0.2) is 4.98 Å². The van der Waals surface area contributed by atoms with Crippen LogP contribution in [0.5, 0.6) is 5.75 Å². The molecule has 6 nitrogen and oxygen atoms in total. The molecule has 0 fully saturated rings. The maximum absolute atomic E-state index is 12.2. The summed E-state index contributed by atoms with van der Waals surface area (Å²) in [6.45, 7) is 1.18. The number of pyridine rings is 2. The molecule has 1 aromatic carbocycles. The van der Waals surface area contributed by atoms with Crippen LogP contribution >= 0.6 is 0 Å². The van der Waals surface area contributed by atoms with Crippen LogP contribution in [0.4, 0.5) is 5.82 Å². The number of nitrogens with zero attached hydrogens (tertiary/aromatic N) is 2. The van der Waals surface area contributed by atoms with Crippen LogP contribution < -0.4 is 15.4 Å². The van der Waals surface area contributed by atoms with Gasteiger partial charge in [-0.1, -0.05) is 18.2 Å². The molecule has 2 N–H and O–H groups in total. The molecule has 27 heavy (non-hydrogen) atoms. The van der Waals surface area contributed by atoms with Crippen LogP contribution in [0, 0.1) is 0 Å². The number of carbonyl (C=O) groups is 1. The van der Waals surface area contributed by atoms with Gasteiger partial charge in [-0.15, -0.1) is 0 Å². The van der Waals surface area contributed by atoms with Crippen molar-refractivity contribution in [3.05, 3.63) is 83.8 Å². The topological polar surface area (TPSA) is 76.1 Å². The number of ether oxygens (including phenoxy) is 1. The monoisotopic (exact) mass is 362 g/mol. The van der Waals surface area contributed by atoms with Gasteiger partial charge < -0.3 is 15.4 Å². The van der Waals surface area contributed by atoms with E-state index < -0.39 is 0 Å². The lowest BCUT2D eigenvalue weighted by Crippen LogP contribution is -2.25. The van der Waals surface area contributed by atoms with E-state index in [0.717, 1.165) is 23.3 Å². The number of aromatic nitrogens is 2. The number of benzene rings is 1. The van der Waals surface area contributed by atoms with Crippen molar-refractivity contribution >= 4 is 11.7 Å². The lowest BCUT2D eigenvalue weighted by Gasteiger charge is -2.08. The molecular weight excluding hydrogens is 340 g/mol. The molecular formula is C21H22N4O2. The Morgan fingerprint density at radius 2 is 1.96 bits per heavy atom. The highest BCUT2D eigenvalue weighted by atomic mass is 16.5. The smallest absolute Gasteiger partial charge is 0.252 e. The van der Waals surface area contributed by atoms with Gasteiger partial charge in [0.15, 0.2) is 0 Å². The fraction of sp³-hybridized carbons (Fsp3) is 0.190. The molecule has 0 radical (unpaired) electrons. The van der Waals surface area contributed by atoms with Gasteiger partial charge in [0.1, 0.15) is 11.6 Å². The minimum Gasteiger partial charge on any atom is -0.497 e. The molecule has 138 valence electrons. The summed E-state index contributed by atoms with van der Waals surface area (Å²) >= 11 is 0. The van der Waals surface area contributed by atoms with E-state index >= 15 is 0 Å². The van der Waals surface area contributed by atoms with E-state index in [9.17, 15) is 4.79 Å². The van der Waals surface area contributed by atoms with E-state index in [4.69, 9.17) is 4.74 Å². The first-order valence-electron chi connectivity index (χ1n) is 8.74. The second kappa shape index (κ2) is 9.33. The molecule has 0 aliphatic rings. The Morgan fingerprint density at radius 1 is 1.07 bits per heavy atom. The molecule has 0 aliphatic carbocycles. The summed E-state index contributed by atoms with van der Waals surface area (Å²) in [7, 11) is 1.64. The molecule has 6 heteroatoms. The van der Waals surface area contributed by atoms with Crippen LogP contribution in [-0.4, -0.2) is 29.5 Å². The number of methoxy groups -OCH3 is 1. The van der Waals surface area contributed by atoms with Gasteiger partial charge in [0.25, 0.3) is 5.91 Å². The number of amides is 1. The predicted molar refractivity (Wildman–Crippen MR) is 105 cm³/mol. The number of nitrogens with one attached hydrogen (secondary N) is 2. The molecule has 0 bridgehead atoms. The molecule has 0 unspecified atom stereocenters. The third-order valence-electron chi connectivity index (χ3n) is 4.06. The van der Waals surface area contributed by atoms with Gasteiger partial charge >= 0.3 is 0 Å². The average molecular weight is 362 g/mol. The molecule has 0 spiro atoms. The maximum atomic E-state index is 12.2. The van der Waals surface area contributed by atoms with Crippen molar-refractivity contribution in [2.24, 2.45) is 0 Å². The first kappa shape index (κ1) is 18.4. The van der Waals surface area contributed by atoms with Crippen LogP contribution in [0.15, 0.2) is 67.1 Å². The Labute approximate surface area is 158 Å². The fourth-order valence-corrected chi connectivity index (χ4v) is 2.58. The van der Waals surface area contributed by atoms with Gasteiger partial charge in [-0.05, 0) is 47.9 Å². The largest absolute Gasteiger partial charge is 0.497 e. The highest BCUT2D eigenvalue weighted by molar-refractivity contribution is 5.94. The van der Waals surface area contributed by atoms with Crippen LogP contribution in [0.25, 0.3) is 0 Å². The predicted octanol–water partition coefficient (Wildman–Crippen LogP) is 3.07. The van der Waals surface area contributed by atoms with Crippen LogP contribution in [0.3, 0.4) is 0 Å². The second-order valence-corrected chi connectivity index (χ2v) is 6.00. The molecule has 0 saturated heterocycles. The molecule has 1 amide bonds. The van der Waals surface area contributed by atoms with Crippen LogP contribution in [-0.2, 0) is 13.0 Å².